The highest BCUT2D eigenvalue weighted by atomic mass is 19.1. The van der Waals surface area contributed by atoms with Crippen LogP contribution in [0.5, 0.6) is 0 Å². The average molecular weight is 416 g/mol. The van der Waals surface area contributed by atoms with E-state index in [-0.39, 0.29) is 11.3 Å². The van der Waals surface area contributed by atoms with Crippen LogP contribution in [0.2, 0.25) is 0 Å². The molecule has 154 valence electrons. The average Bonchev–Trinajstić information content (AvgIpc) is 3.38. The van der Waals surface area contributed by atoms with Crippen LogP contribution >= 0.6 is 0 Å². The van der Waals surface area contributed by atoms with Crippen molar-refractivity contribution < 1.29 is 8.78 Å². The molecule has 3 heterocycles. The molecule has 0 unspecified atom stereocenters. The van der Waals surface area contributed by atoms with Crippen LogP contribution in [0.15, 0.2) is 67.1 Å². The molecule has 0 atom stereocenters. The van der Waals surface area contributed by atoms with Gasteiger partial charge in [-0.2, -0.15) is 10.2 Å². The van der Waals surface area contributed by atoms with Gasteiger partial charge in [0.05, 0.1) is 29.2 Å². The van der Waals surface area contributed by atoms with Crippen molar-refractivity contribution in [3.63, 3.8) is 0 Å². The van der Waals surface area contributed by atoms with Gasteiger partial charge in [0.25, 0.3) is 0 Å². The van der Waals surface area contributed by atoms with E-state index >= 15 is 0 Å². The number of fused-ring (bicyclic) bond motifs is 1. The summed E-state index contributed by atoms with van der Waals surface area (Å²) in [5, 5.41) is 15.2. The van der Waals surface area contributed by atoms with Crippen LogP contribution in [-0.4, -0.2) is 25.0 Å². The SMILES string of the molecule is Cn1cc(-c2n[nH]c3cnc(-c4c(F)cc(CNc5ccccc5)cc4F)cc23)cn1. The van der Waals surface area contributed by atoms with Crippen molar-refractivity contribution in [1.82, 2.24) is 25.0 Å². The molecule has 8 heteroatoms. The van der Waals surface area contributed by atoms with Gasteiger partial charge in [0.1, 0.15) is 17.3 Å². The maximum Gasteiger partial charge on any atom is 0.135 e. The third kappa shape index (κ3) is 3.63. The van der Waals surface area contributed by atoms with Crippen molar-refractivity contribution in [1.29, 1.82) is 0 Å². The maximum absolute atomic E-state index is 14.9. The molecule has 2 N–H and O–H groups in total. The molecule has 31 heavy (non-hydrogen) atoms. The summed E-state index contributed by atoms with van der Waals surface area (Å²) in [7, 11) is 1.81. The third-order valence-corrected chi connectivity index (χ3v) is 5.05. The predicted molar refractivity (Wildman–Crippen MR) is 115 cm³/mol. The topological polar surface area (TPSA) is 71.4 Å². The summed E-state index contributed by atoms with van der Waals surface area (Å²) in [5.41, 5.74) is 3.54. The van der Waals surface area contributed by atoms with Gasteiger partial charge in [-0.15, -0.1) is 0 Å². The van der Waals surface area contributed by atoms with E-state index in [1.807, 2.05) is 43.6 Å². The Bertz CT molecular complexity index is 1350. The van der Waals surface area contributed by atoms with Crippen LogP contribution in [0, 0.1) is 11.6 Å². The van der Waals surface area contributed by atoms with Gasteiger partial charge in [0, 0.05) is 36.4 Å². The monoisotopic (exact) mass is 416 g/mol. The molecule has 0 aliphatic heterocycles. The normalized spacial score (nSPS) is 11.2. The minimum absolute atomic E-state index is 0.163. The molecule has 0 saturated carbocycles. The van der Waals surface area contributed by atoms with E-state index in [9.17, 15) is 8.78 Å². The van der Waals surface area contributed by atoms with E-state index in [1.165, 1.54) is 18.3 Å². The summed E-state index contributed by atoms with van der Waals surface area (Å²) in [5.74, 6) is -1.33. The molecular formula is C23H18F2N6. The zero-order valence-electron chi connectivity index (χ0n) is 16.6. The Hall–Kier alpha value is -4.07. The fraction of sp³-hybridized carbons (Fsp3) is 0.0870. The lowest BCUT2D eigenvalue weighted by molar-refractivity contribution is 0.585. The number of pyridine rings is 1. The zero-order valence-corrected chi connectivity index (χ0v) is 16.6. The molecule has 0 saturated heterocycles. The van der Waals surface area contributed by atoms with Gasteiger partial charge in [-0.25, -0.2) is 8.78 Å². The van der Waals surface area contributed by atoms with Gasteiger partial charge in [-0.05, 0) is 35.9 Å². The second-order valence-corrected chi connectivity index (χ2v) is 7.24. The lowest BCUT2D eigenvalue weighted by Crippen LogP contribution is -2.02. The summed E-state index contributed by atoms with van der Waals surface area (Å²) >= 11 is 0. The molecule has 0 amide bonds. The summed E-state index contributed by atoms with van der Waals surface area (Å²) in [6.07, 6.45) is 5.04. The standard InChI is InChI=1S/C23H18F2N6/c1-31-13-15(11-28-31)23-17-9-20(27-12-21(17)29-30-23)22-18(24)7-14(8-19(22)25)10-26-16-5-3-2-4-6-16/h2-9,11-13,26H,10H2,1H3,(H,29,30). The van der Waals surface area contributed by atoms with E-state index < -0.39 is 11.6 Å². The van der Waals surface area contributed by atoms with Gasteiger partial charge in [0.15, 0.2) is 0 Å². The number of hydrogen-bond acceptors (Lipinski definition) is 4. The molecule has 0 bridgehead atoms. The highest BCUT2D eigenvalue weighted by Crippen LogP contribution is 2.31. The Balaban J connectivity index is 1.49. The minimum atomic E-state index is -0.664. The van der Waals surface area contributed by atoms with Gasteiger partial charge in [-0.1, -0.05) is 18.2 Å². The summed E-state index contributed by atoms with van der Waals surface area (Å²) in [4.78, 5) is 4.25. The first-order valence-electron chi connectivity index (χ1n) is 9.69. The van der Waals surface area contributed by atoms with Crippen LogP contribution in [0.3, 0.4) is 0 Å². The molecule has 0 spiro atoms. The number of benzene rings is 2. The number of aromatic amines is 1. The number of hydrogen-bond donors (Lipinski definition) is 2. The molecular weight excluding hydrogens is 398 g/mol. The Labute approximate surface area is 176 Å². The first kappa shape index (κ1) is 18.9. The number of aromatic nitrogens is 5. The molecule has 2 aromatic carbocycles. The first-order valence-corrected chi connectivity index (χ1v) is 9.69. The number of rotatable bonds is 5. The Morgan fingerprint density at radius 1 is 1.03 bits per heavy atom. The van der Waals surface area contributed by atoms with E-state index in [2.05, 4.69) is 25.6 Å². The molecule has 0 fully saturated rings. The fourth-order valence-electron chi connectivity index (χ4n) is 3.55. The van der Waals surface area contributed by atoms with Crippen LogP contribution in [-0.2, 0) is 13.6 Å². The van der Waals surface area contributed by atoms with Crippen molar-refractivity contribution in [2.45, 2.75) is 6.54 Å². The van der Waals surface area contributed by atoms with E-state index in [0.717, 1.165) is 11.3 Å². The number of aryl methyl sites for hydroxylation is 1. The number of para-hydroxylation sites is 1. The van der Waals surface area contributed by atoms with Crippen molar-refractivity contribution >= 4 is 16.6 Å². The quantitative estimate of drug-likeness (QED) is 0.427. The van der Waals surface area contributed by atoms with Crippen molar-refractivity contribution in [3.8, 4) is 22.5 Å². The Morgan fingerprint density at radius 2 is 1.81 bits per heavy atom. The van der Waals surface area contributed by atoms with E-state index in [4.69, 9.17) is 0 Å². The van der Waals surface area contributed by atoms with Crippen molar-refractivity contribution in [2.24, 2.45) is 7.05 Å². The minimum Gasteiger partial charge on any atom is -0.381 e. The highest BCUT2D eigenvalue weighted by molar-refractivity contribution is 5.94. The number of nitrogens with zero attached hydrogens (tertiary/aromatic N) is 4. The van der Waals surface area contributed by atoms with Crippen LogP contribution in [0.1, 0.15) is 5.56 Å². The predicted octanol–water partition coefficient (Wildman–Crippen LogP) is 4.92. The molecule has 0 aliphatic carbocycles. The summed E-state index contributed by atoms with van der Waals surface area (Å²) in [6, 6.07) is 13.8. The molecule has 0 radical (unpaired) electrons. The first-order chi connectivity index (χ1) is 15.1. The third-order valence-electron chi connectivity index (χ3n) is 5.05. The van der Waals surface area contributed by atoms with Gasteiger partial charge < -0.3 is 5.32 Å². The van der Waals surface area contributed by atoms with Crippen LogP contribution in [0.25, 0.3) is 33.4 Å². The molecule has 6 nitrogen and oxygen atoms in total. The number of halogens is 2. The Morgan fingerprint density at radius 3 is 2.52 bits per heavy atom. The molecule has 0 aliphatic rings. The van der Waals surface area contributed by atoms with Gasteiger partial charge >= 0.3 is 0 Å². The largest absolute Gasteiger partial charge is 0.381 e. The number of H-pyrrole nitrogens is 1. The molecule has 3 aromatic heterocycles. The lowest BCUT2D eigenvalue weighted by atomic mass is 10.0. The number of anilines is 1. The van der Waals surface area contributed by atoms with E-state index in [0.29, 0.717) is 28.7 Å². The lowest BCUT2D eigenvalue weighted by Gasteiger charge is -2.10. The molecule has 5 aromatic rings. The van der Waals surface area contributed by atoms with Crippen LogP contribution < -0.4 is 5.32 Å². The number of nitrogens with one attached hydrogen (secondary N) is 2. The van der Waals surface area contributed by atoms with Gasteiger partial charge in [-0.3, -0.25) is 14.8 Å². The maximum atomic E-state index is 14.9. The fourth-order valence-corrected chi connectivity index (χ4v) is 3.55. The second-order valence-electron chi connectivity index (χ2n) is 7.24. The zero-order chi connectivity index (χ0) is 21.4. The van der Waals surface area contributed by atoms with Crippen LogP contribution in [0.4, 0.5) is 14.5 Å². The van der Waals surface area contributed by atoms with Crippen molar-refractivity contribution in [2.75, 3.05) is 5.32 Å². The van der Waals surface area contributed by atoms with Crippen molar-refractivity contribution in [3.05, 3.63) is 84.3 Å². The van der Waals surface area contributed by atoms with Gasteiger partial charge in [0.2, 0.25) is 0 Å². The smallest absolute Gasteiger partial charge is 0.135 e. The summed E-state index contributed by atoms with van der Waals surface area (Å²) in [6.45, 7) is 0.303. The summed E-state index contributed by atoms with van der Waals surface area (Å²) < 4.78 is 31.5. The Kier molecular flexibility index (Phi) is 4.66. The highest BCUT2D eigenvalue weighted by Gasteiger charge is 2.17. The molecule has 5 rings (SSSR count). The van der Waals surface area contributed by atoms with E-state index in [1.54, 1.807) is 16.9 Å². The second kappa shape index (κ2) is 7.64.